The van der Waals surface area contributed by atoms with Crippen molar-refractivity contribution in [2.75, 3.05) is 18.1 Å². The Morgan fingerprint density at radius 2 is 2.13 bits per heavy atom. The van der Waals surface area contributed by atoms with E-state index in [9.17, 15) is 14.7 Å². The van der Waals surface area contributed by atoms with E-state index < -0.39 is 11.6 Å². The van der Waals surface area contributed by atoms with Gasteiger partial charge in [0, 0.05) is 16.9 Å². The summed E-state index contributed by atoms with van der Waals surface area (Å²) in [5, 5.41) is 10.9. The molecular formula is C15H13ClO5S2. The van der Waals surface area contributed by atoms with Crippen molar-refractivity contribution in [2.45, 2.75) is 11.5 Å². The number of aromatic hydroxyl groups is 1. The van der Waals surface area contributed by atoms with Gasteiger partial charge in [0.2, 0.25) is 0 Å². The van der Waals surface area contributed by atoms with Crippen molar-refractivity contribution in [1.29, 1.82) is 0 Å². The van der Waals surface area contributed by atoms with Crippen LogP contribution in [0.25, 0.3) is 11.0 Å². The Kier molecular flexibility index (Phi) is 4.79. The highest BCUT2D eigenvalue weighted by Gasteiger charge is 2.28. The Bertz CT molecular complexity index is 827. The molecule has 1 saturated heterocycles. The van der Waals surface area contributed by atoms with Crippen LogP contribution >= 0.6 is 35.1 Å². The van der Waals surface area contributed by atoms with Gasteiger partial charge in [-0.3, -0.25) is 0 Å². The molecule has 2 aromatic rings. The zero-order valence-corrected chi connectivity index (χ0v) is 14.5. The molecule has 1 aliphatic heterocycles. The summed E-state index contributed by atoms with van der Waals surface area (Å²) in [6.45, 7) is 1.81. The van der Waals surface area contributed by atoms with Crippen LogP contribution in [0.5, 0.6) is 5.75 Å². The van der Waals surface area contributed by atoms with Gasteiger partial charge in [-0.2, -0.15) is 0 Å². The molecule has 0 atom stereocenters. The summed E-state index contributed by atoms with van der Waals surface area (Å²) in [6.07, 6.45) is 0. The summed E-state index contributed by atoms with van der Waals surface area (Å²) in [6, 6.07) is 2.88. The minimum absolute atomic E-state index is 0.0622. The highest BCUT2D eigenvalue weighted by Crippen LogP contribution is 2.51. The maximum Gasteiger partial charge on any atom is 0.351 e. The smallest absolute Gasteiger partial charge is 0.351 e. The molecule has 23 heavy (non-hydrogen) atoms. The number of hydrogen-bond acceptors (Lipinski definition) is 7. The molecule has 1 fully saturated rings. The van der Waals surface area contributed by atoms with Crippen molar-refractivity contribution < 1.29 is 19.1 Å². The van der Waals surface area contributed by atoms with Crippen LogP contribution in [-0.2, 0) is 4.74 Å². The quantitative estimate of drug-likeness (QED) is 0.648. The molecular weight excluding hydrogens is 360 g/mol. The third-order valence-electron chi connectivity index (χ3n) is 3.34. The predicted octanol–water partition coefficient (Wildman–Crippen LogP) is 3.81. The SMILES string of the molecule is CCOC(=O)c1cc2cc(Cl)c(O)c(C3SCCS3)c2oc1=O. The Hall–Kier alpha value is -1.31. The Balaban J connectivity index is 2.23. The largest absolute Gasteiger partial charge is 0.506 e. The van der Waals surface area contributed by atoms with Gasteiger partial charge in [0.15, 0.2) is 0 Å². The topological polar surface area (TPSA) is 76.7 Å². The summed E-state index contributed by atoms with van der Waals surface area (Å²) < 4.78 is 10.1. The number of ether oxygens (including phenoxy) is 1. The number of benzene rings is 1. The number of fused-ring (bicyclic) bond motifs is 1. The van der Waals surface area contributed by atoms with Crippen LogP contribution in [0, 0.1) is 0 Å². The summed E-state index contributed by atoms with van der Waals surface area (Å²) in [7, 11) is 0. The van der Waals surface area contributed by atoms with E-state index in [0.717, 1.165) is 11.5 Å². The fraction of sp³-hybridized carbons (Fsp3) is 0.333. The van der Waals surface area contributed by atoms with Crippen LogP contribution < -0.4 is 5.63 Å². The summed E-state index contributed by atoms with van der Waals surface area (Å²) in [5.74, 6) is 1.05. The van der Waals surface area contributed by atoms with E-state index in [2.05, 4.69) is 0 Å². The first-order valence-electron chi connectivity index (χ1n) is 6.92. The molecule has 5 nitrogen and oxygen atoms in total. The highest BCUT2D eigenvalue weighted by atomic mass is 35.5. The monoisotopic (exact) mass is 372 g/mol. The molecule has 0 saturated carbocycles. The van der Waals surface area contributed by atoms with E-state index in [4.69, 9.17) is 20.8 Å². The summed E-state index contributed by atoms with van der Waals surface area (Å²) in [4.78, 5) is 23.9. The van der Waals surface area contributed by atoms with Crippen molar-refractivity contribution >= 4 is 52.1 Å². The van der Waals surface area contributed by atoms with Gasteiger partial charge in [-0.1, -0.05) is 11.6 Å². The highest BCUT2D eigenvalue weighted by molar-refractivity contribution is 8.19. The lowest BCUT2D eigenvalue weighted by molar-refractivity contribution is 0.0522. The van der Waals surface area contributed by atoms with Gasteiger partial charge in [-0.25, -0.2) is 9.59 Å². The first-order chi connectivity index (χ1) is 11.0. The molecule has 0 unspecified atom stereocenters. The normalized spacial score (nSPS) is 15.2. The molecule has 3 rings (SSSR count). The molecule has 0 bridgehead atoms. The number of phenols is 1. The maximum absolute atomic E-state index is 12.1. The van der Waals surface area contributed by atoms with E-state index in [-0.39, 0.29) is 33.1 Å². The van der Waals surface area contributed by atoms with E-state index >= 15 is 0 Å². The van der Waals surface area contributed by atoms with Crippen molar-refractivity contribution in [2.24, 2.45) is 0 Å². The average molecular weight is 373 g/mol. The van der Waals surface area contributed by atoms with Crippen LogP contribution in [-0.4, -0.2) is 29.2 Å². The van der Waals surface area contributed by atoms with Gasteiger partial charge >= 0.3 is 11.6 Å². The minimum Gasteiger partial charge on any atom is -0.506 e. The third-order valence-corrected chi connectivity index (χ3v) is 6.66. The maximum atomic E-state index is 12.1. The van der Waals surface area contributed by atoms with Crippen molar-refractivity contribution in [3.63, 3.8) is 0 Å². The van der Waals surface area contributed by atoms with Gasteiger partial charge in [-0.05, 0) is 19.1 Å². The van der Waals surface area contributed by atoms with Gasteiger partial charge < -0.3 is 14.3 Å². The van der Waals surface area contributed by atoms with Crippen molar-refractivity contribution in [3.05, 3.63) is 38.7 Å². The van der Waals surface area contributed by atoms with Crippen molar-refractivity contribution in [1.82, 2.24) is 0 Å². The second-order valence-corrected chi connectivity index (χ2v) is 7.91. The van der Waals surface area contributed by atoms with Gasteiger partial charge in [0.05, 0.1) is 21.8 Å². The molecule has 1 aliphatic rings. The number of carbonyl (C=O) groups is 1. The Labute approximate surface area is 145 Å². The van der Waals surface area contributed by atoms with Gasteiger partial charge in [-0.15, -0.1) is 23.5 Å². The van der Waals surface area contributed by atoms with E-state index in [1.54, 1.807) is 30.4 Å². The fourth-order valence-electron chi connectivity index (χ4n) is 2.34. The molecule has 8 heteroatoms. The molecule has 1 aromatic heterocycles. The van der Waals surface area contributed by atoms with E-state index in [1.165, 1.54) is 12.1 Å². The predicted molar refractivity (Wildman–Crippen MR) is 92.8 cm³/mol. The fourth-order valence-corrected chi connectivity index (χ4v) is 5.49. The number of phenolic OH excluding ortho intramolecular Hbond substituents is 1. The van der Waals surface area contributed by atoms with Crippen molar-refractivity contribution in [3.8, 4) is 5.75 Å². The number of esters is 1. The molecule has 2 heterocycles. The third kappa shape index (κ3) is 3.05. The first kappa shape index (κ1) is 16.5. The lowest BCUT2D eigenvalue weighted by Gasteiger charge is -2.14. The second-order valence-electron chi connectivity index (χ2n) is 4.78. The van der Waals surface area contributed by atoms with Gasteiger partial charge in [0.1, 0.15) is 16.9 Å². The lowest BCUT2D eigenvalue weighted by Crippen LogP contribution is -2.16. The van der Waals surface area contributed by atoms with Crippen LogP contribution in [0.2, 0.25) is 5.02 Å². The summed E-state index contributed by atoms with van der Waals surface area (Å²) >= 11 is 9.40. The first-order valence-corrected chi connectivity index (χ1v) is 9.40. The minimum atomic E-state index is -0.785. The summed E-state index contributed by atoms with van der Waals surface area (Å²) in [5.41, 5.74) is -0.213. The van der Waals surface area contributed by atoms with Crippen LogP contribution in [0.1, 0.15) is 27.4 Å². The van der Waals surface area contributed by atoms with Crippen LogP contribution in [0.4, 0.5) is 0 Å². The number of carbonyl (C=O) groups excluding carboxylic acids is 1. The van der Waals surface area contributed by atoms with E-state index in [1.807, 2.05) is 0 Å². The van der Waals surface area contributed by atoms with E-state index in [0.29, 0.717) is 10.9 Å². The van der Waals surface area contributed by atoms with Crippen LogP contribution in [0.15, 0.2) is 21.3 Å². The zero-order valence-electron chi connectivity index (χ0n) is 12.1. The van der Waals surface area contributed by atoms with Crippen LogP contribution in [0.3, 0.4) is 0 Å². The standard InChI is InChI=1S/C15H13ClO5S2/c1-2-20-13(18)8-5-7-6-9(16)11(17)10(12(7)21-14(8)19)15-22-3-4-23-15/h5-6,15,17H,2-4H2,1H3. The molecule has 0 aliphatic carbocycles. The number of halogens is 1. The molecule has 1 aromatic carbocycles. The van der Waals surface area contributed by atoms with Gasteiger partial charge in [0.25, 0.3) is 0 Å². The molecule has 0 spiro atoms. The number of rotatable bonds is 3. The Morgan fingerprint density at radius 1 is 1.43 bits per heavy atom. The Morgan fingerprint density at radius 3 is 2.78 bits per heavy atom. The molecule has 0 radical (unpaired) electrons. The second kappa shape index (κ2) is 6.67. The number of hydrogen-bond donors (Lipinski definition) is 1. The zero-order chi connectivity index (χ0) is 16.6. The molecule has 1 N–H and O–H groups in total. The molecule has 0 amide bonds. The lowest BCUT2D eigenvalue weighted by atomic mass is 10.1. The average Bonchev–Trinajstić information content (AvgIpc) is 3.03. The number of thioether (sulfide) groups is 2. The molecule has 122 valence electrons.